The van der Waals surface area contributed by atoms with Crippen molar-refractivity contribution in [2.45, 2.75) is 20.0 Å². The SMILES string of the molecule is Cc1cc(C(O)c2ccc(F)cc2C)n(C)n1. The summed E-state index contributed by atoms with van der Waals surface area (Å²) >= 11 is 0. The van der Waals surface area contributed by atoms with E-state index in [2.05, 4.69) is 5.10 Å². The van der Waals surface area contributed by atoms with Crippen LogP contribution in [0.2, 0.25) is 0 Å². The molecule has 17 heavy (non-hydrogen) atoms. The maximum atomic E-state index is 13.0. The van der Waals surface area contributed by atoms with Gasteiger partial charge in [0.1, 0.15) is 11.9 Å². The highest BCUT2D eigenvalue weighted by Gasteiger charge is 2.17. The smallest absolute Gasteiger partial charge is 0.123 e. The molecule has 1 aromatic heterocycles. The van der Waals surface area contributed by atoms with Gasteiger partial charge in [-0.3, -0.25) is 4.68 Å². The second-order valence-electron chi connectivity index (χ2n) is 4.24. The Labute approximate surface area is 99.5 Å². The van der Waals surface area contributed by atoms with Crippen LogP contribution in [0, 0.1) is 19.7 Å². The van der Waals surface area contributed by atoms with Gasteiger partial charge < -0.3 is 5.11 Å². The van der Waals surface area contributed by atoms with Crippen molar-refractivity contribution in [3.8, 4) is 0 Å². The van der Waals surface area contributed by atoms with E-state index in [1.54, 1.807) is 24.7 Å². The molecule has 0 radical (unpaired) electrons. The van der Waals surface area contributed by atoms with Crippen molar-refractivity contribution in [2.75, 3.05) is 0 Å². The molecule has 0 aliphatic rings. The molecular weight excluding hydrogens is 219 g/mol. The number of aliphatic hydroxyl groups is 1. The molecule has 0 saturated carbocycles. The van der Waals surface area contributed by atoms with E-state index >= 15 is 0 Å². The van der Waals surface area contributed by atoms with Crippen LogP contribution in [0.15, 0.2) is 24.3 Å². The van der Waals surface area contributed by atoms with E-state index in [1.807, 2.05) is 13.0 Å². The first-order chi connectivity index (χ1) is 7.99. The van der Waals surface area contributed by atoms with Gasteiger partial charge >= 0.3 is 0 Å². The topological polar surface area (TPSA) is 38.0 Å². The fourth-order valence-corrected chi connectivity index (χ4v) is 1.99. The van der Waals surface area contributed by atoms with Crippen LogP contribution in [-0.4, -0.2) is 14.9 Å². The minimum atomic E-state index is -0.776. The molecule has 0 bridgehead atoms. The van der Waals surface area contributed by atoms with E-state index in [0.717, 1.165) is 11.3 Å². The van der Waals surface area contributed by atoms with Gasteiger partial charge in [-0.05, 0) is 43.2 Å². The lowest BCUT2D eigenvalue weighted by Gasteiger charge is -2.13. The van der Waals surface area contributed by atoms with E-state index in [4.69, 9.17) is 0 Å². The van der Waals surface area contributed by atoms with E-state index in [1.165, 1.54) is 12.1 Å². The predicted molar refractivity (Wildman–Crippen MR) is 63.1 cm³/mol. The summed E-state index contributed by atoms with van der Waals surface area (Å²) in [6.45, 7) is 3.65. The van der Waals surface area contributed by atoms with Gasteiger partial charge in [0.05, 0.1) is 11.4 Å². The highest BCUT2D eigenvalue weighted by atomic mass is 19.1. The van der Waals surface area contributed by atoms with Gasteiger partial charge in [-0.2, -0.15) is 5.10 Å². The lowest BCUT2D eigenvalue weighted by atomic mass is 10.0. The Morgan fingerprint density at radius 1 is 1.29 bits per heavy atom. The maximum absolute atomic E-state index is 13.0. The van der Waals surface area contributed by atoms with Crippen LogP contribution < -0.4 is 0 Å². The third-order valence-corrected chi connectivity index (χ3v) is 2.84. The Bertz CT molecular complexity index is 548. The van der Waals surface area contributed by atoms with Gasteiger partial charge in [-0.25, -0.2) is 4.39 Å². The zero-order valence-electron chi connectivity index (χ0n) is 10.1. The molecule has 1 N–H and O–H groups in total. The Hall–Kier alpha value is -1.68. The number of hydrogen-bond donors (Lipinski definition) is 1. The Balaban J connectivity index is 2.43. The summed E-state index contributed by atoms with van der Waals surface area (Å²) in [6.07, 6.45) is -0.776. The summed E-state index contributed by atoms with van der Waals surface area (Å²) in [7, 11) is 1.78. The van der Waals surface area contributed by atoms with Gasteiger partial charge in [-0.1, -0.05) is 6.07 Å². The van der Waals surface area contributed by atoms with E-state index < -0.39 is 6.10 Å². The molecule has 90 valence electrons. The fraction of sp³-hybridized carbons (Fsp3) is 0.308. The largest absolute Gasteiger partial charge is 0.382 e. The quantitative estimate of drug-likeness (QED) is 0.865. The van der Waals surface area contributed by atoms with Crippen molar-refractivity contribution in [1.82, 2.24) is 9.78 Å². The average molecular weight is 234 g/mol. The molecule has 1 atom stereocenters. The predicted octanol–water partition coefficient (Wildman–Crippen LogP) is 2.26. The minimum absolute atomic E-state index is 0.292. The van der Waals surface area contributed by atoms with Crippen molar-refractivity contribution in [3.05, 3.63) is 52.6 Å². The summed E-state index contributed by atoms with van der Waals surface area (Å²) in [6, 6.07) is 6.21. The minimum Gasteiger partial charge on any atom is -0.382 e. The fourth-order valence-electron chi connectivity index (χ4n) is 1.99. The number of nitrogens with zero attached hydrogens (tertiary/aromatic N) is 2. The molecule has 2 aromatic rings. The molecule has 0 aliphatic heterocycles. The van der Waals surface area contributed by atoms with Crippen molar-refractivity contribution >= 4 is 0 Å². The van der Waals surface area contributed by atoms with Crippen LogP contribution in [0.25, 0.3) is 0 Å². The van der Waals surface area contributed by atoms with Crippen LogP contribution in [0.4, 0.5) is 4.39 Å². The number of halogens is 1. The molecule has 0 saturated heterocycles. The second kappa shape index (κ2) is 4.30. The zero-order valence-corrected chi connectivity index (χ0v) is 10.1. The van der Waals surface area contributed by atoms with Gasteiger partial charge in [0.2, 0.25) is 0 Å². The molecule has 0 aliphatic carbocycles. The highest BCUT2D eigenvalue weighted by Crippen LogP contribution is 2.25. The number of aryl methyl sites for hydroxylation is 3. The monoisotopic (exact) mass is 234 g/mol. The van der Waals surface area contributed by atoms with Gasteiger partial charge in [0.25, 0.3) is 0 Å². The molecule has 0 amide bonds. The summed E-state index contributed by atoms with van der Waals surface area (Å²) in [4.78, 5) is 0. The number of rotatable bonds is 2. The van der Waals surface area contributed by atoms with Crippen molar-refractivity contribution in [3.63, 3.8) is 0 Å². The summed E-state index contributed by atoms with van der Waals surface area (Å²) in [5.41, 5.74) is 2.99. The number of hydrogen-bond acceptors (Lipinski definition) is 2. The maximum Gasteiger partial charge on any atom is 0.123 e. The van der Waals surface area contributed by atoms with Crippen molar-refractivity contribution in [1.29, 1.82) is 0 Å². The summed E-state index contributed by atoms with van der Waals surface area (Å²) in [5.74, 6) is -0.292. The Morgan fingerprint density at radius 3 is 2.53 bits per heavy atom. The molecule has 1 aromatic carbocycles. The third kappa shape index (κ3) is 2.22. The van der Waals surface area contributed by atoms with Gasteiger partial charge in [0.15, 0.2) is 0 Å². The lowest BCUT2D eigenvalue weighted by molar-refractivity contribution is 0.209. The molecule has 1 unspecified atom stereocenters. The van der Waals surface area contributed by atoms with Gasteiger partial charge in [-0.15, -0.1) is 0 Å². The number of aliphatic hydroxyl groups excluding tert-OH is 1. The Morgan fingerprint density at radius 2 is 2.00 bits per heavy atom. The summed E-state index contributed by atoms with van der Waals surface area (Å²) in [5, 5.41) is 14.5. The van der Waals surface area contributed by atoms with Crippen LogP contribution in [0.1, 0.15) is 28.6 Å². The summed E-state index contributed by atoms with van der Waals surface area (Å²) < 4.78 is 14.6. The molecule has 0 fully saturated rings. The molecule has 2 rings (SSSR count). The van der Waals surface area contributed by atoms with Crippen molar-refractivity contribution in [2.24, 2.45) is 7.05 Å². The normalized spacial score (nSPS) is 12.8. The van der Waals surface area contributed by atoms with Crippen LogP contribution in [0.5, 0.6) is 0 Å². The number of benzene rings is 1. The Kier molecular flexibility index (Phi) is 2.98. The first-order valence-corrected chi connectivity index (χ1v) is 5.43. The second-order valence-corrected chi connectivity index (χ2v) is 4.24. The van der Waals surface area contributed by atoms with Crippen LogP contribution in [0.3, 0.4) is 0 Å². The number of aromatic nitrogens is 2. The van der Waals surface area contributed by atoms with Gasteiger partial charge in [0, 0.05) is 7.05 Å². The lowest BCUT2D eigenvalue weighted by Crippen LogP contribution is -2.08. The molecule has 4 heteroatoms. The van der Waals surface area contributed by atoms with Crippen molar-refractivity contribution < 1.29 is 9.50 Å². The van der Waals surface area contributed by atoms with E-state index in [9.17, 15) is 9.50 Å². The molecular formula is C13H15FN2O. The van der Waals surface area contributed by atoms with E-state index in [0.29, 0.717) is 11.3 Å². The van der Waals surface area contributed by atoms with Crippen LogP contribution >= 0.6 is 0 Å². The van der Waals surface area contributed by atoms with Crippen LogP contribution in [-0.2, 0) is 7.05 Å². The first-order valence-electron chi connectivity index (χ1n) is 5.43. The zero-order chi connectivity index (χ0) is 12.6. The highest BCUT2D eigenvalue weighted by molar-refractivity contribution is 5.33. The standard InChI is InChI=1S/C13H15FN2O/c1-8-6-10(14)4-5-11(8)13(17)12-7-9(2)15-16(12)3/h4-7,13,17H,1-3H3. The van der Waals surface area contributed by atoms with E-state index in [-0.39, 0.29) is 5.82 Å². The molecule has 0 spiro atoms. The molecule has 1 heterocycles. The average Bonchev–Trinajstić information content (AvgIpc) is 2.57. The first kappa shape index (κ1) is 11.8. The molecule has 3 nitrogen and oxygen atoms in total. The third-order valence-electron chi connectivity index (χ3n) is 2.84.